The maximum Gasteiger partial charge on any atom is 0.178 e. The predicted molar refractivity (Wildman–Crippen MR) is 28.6 cm³/mol. The van der Waals surface area contributed by atoms with E-state index in [1.807, 2.05) is 13.8 Å². The van der Waals surface area contributed by atoms with Crippen LogP contribution in [-0.2, 0) is 0 Å². The molecule has 0 N–H and O–H groups in total. The van der Waals surface area contributed by atoms with Gasteiger partial charge in [0.1, 0.15) is 0 Å². The van der Waals surface area contributed by atoms with E-state index in [9.17, 15) is 0 Å². The first-order chi connectivity index (χ1) is 3.79. The Morgan fingerprint density at radius 3 is 1.25 bits per heavy atom. The first kappa shape index (κ1) is 5.34. The minimum Gasteiger partial charge on any atom is -0.163 e. The Labute approximate surface area is 47.7 Å². The molecule has 0 amide bonds. The minimum atomic E-state index is -0.0637. The van der Waals surface area contributed by atoms with E-state index in [-0.39, 0.29) is 12.3 Å². The van der Waals surface area contributed by atoms with Gasteiger partial charge < -0.3 is 0 Å². The lowest BCUT2D eigenvalue weighted by molar-refractivity contribution is 0.537. The van der Waals surface area contributed by atoms with Gasteiger partial charge in [-0.2, -0.15) is 20.5 Å². The maximum atomic E-state index is 3.78. The zero-order valence-electron chi connectivity index (χ0n) is 4.94. The molecule has 4 nitrogen and oxygen atoms in total. The van der Waals surface area contributed by atoms with Crippen LogP contribution in [0, 0.1) is 0 Å². The molecule has 0 bridgehead atoms. The van der Waals surface area contributed by atoms with E-state index in [4.69, 9.17) is 0 Å². The second-order valence-corrected chi connectivity index (χ2v) is 1.73. The van der Waals surface area contributed by atoms with Gasteiger partial charge in [0.15, 0.2) is 12.3 Å². The normalized spacial score (nSPS) is 35.8. The summed E-state index contributed by atoms with van der Waals surface area (Å²) in [5.41, 5.74) is 0. The third kappa shape index (κ3) is 1.08. The van der Waals surface area contributed by atoms with E-state index in [0.717, 1.165) is 0 Å². The van der Waals surface area contributed by atoms with E-state index < -0.39 is 0 Å². The Hall–Kier alpha value is -0.800. The van der Waals surface area contributed by atoms with Crippen molar-refractivity contribution >= 4 is 0 Å². The van der Waals surface area contributed by atoms with Crippen LogP contribution >= 0.6 is 0 Å². The summed E-state index contributed by atoms with van der Waals surface area (Å²) in [6.45, 7) is 3.69. The third-order valence-corrected chi connectivity index (χ3v) is 0.802. The summed E-state index contributed by atoms with van der Waals surface area (Å²) in [6, 6.07) is 0. The summed E-state index contributed by atoms with van der Waals surface area (Å²) in [7, 11) is 0. The minimum absolute atomic E-state index is 0.0637. The molecule has 44 valence electrons. The number of hydrogen-bond acceptors (Lipinski definition) is 4. The first-order valence-corrected chi connectivity index (χ1v) is 2.59. The molecule has 1 aliphatic rings. The van der Waals surface area contributed by atoms with Gasteiger partial charge in [-0.3, -0.25) is 0 Å². The molecule has 4 heteroatoms. The summed E-state index contributed by atoms with van der Waals surface area (Å²) in [6.07, 6.45) is -0.127. The Morgan fingerprint density at radius 2 is 1.00 bits per heavy atom. The largest absolute Gasteiger partial charge is 0.178 e. The van der Waals surface area contributed by atoms with Crippen LogP contribution in [-0.4, -0.2) is 12.3 Å². The lowest BCUT2D eigenvalue weighted by Crippen LogP contribution is -2.01. The molecular formula is C4H8N4. The predicted octanol–water partition coefficient (Wildman–Crippen LogP) is 1.60. The van der Waals surface area contributed by atoms with Crippen LogP contribution in [0.5, 0.6) is 0 Å². The first-order valence-electron chi connectivity index (χ1n) is 2.59. The fraction of sp³-hybridized carbons (Fsp3) is 1.00. The molecule has 0 aromatic heterocycles. The molecule has 0 aromatic rings. The molecule has 0 spiro atoms. The van der Waals surface area contributed by atoms with E-state index in [2.05, 4.69) is 20.5 Å². The fourth-order valence-electron chi connectivity index (χ4n) is 0.432. The average molecular weight is 112 g/mol. The second kappa shape index (κ2) is 1.98. The van der Waals surface area contributed by atoms with Crippen molar-refractivity contribution in [2.75, 3.05) is 0 Å². The van der Waals surface area contributed by atoms with E-state index in [1.165, 1.54) is 0 Å². The van der Waals surface area contributed by atoms with Gasteiger partial charge >= 0.3 is 0 Å². The SMILES string of the molecule is CC1N=NC(C)N=N1. The standard InChI is InChI=1S/C4H8N4/c1-3-5-7-4(2)8-6-3/h3-4H,1-2H3. The molecule has 0 saturated heterocycles. The van der Waals surface area contributed by atoms with Crippen LogP contribution in [0.25, 0.3) is 0 Å². The maximum absolute atomic E-state index is 3.78. The fourth-order valence-corrected chi connectivity index (χ4v) is 0.432. The molecule has 0 unspecified atom stereocenters. The summed E-state index contributed by atoms with van der Waals surface area (Å²) in [5.74, 6) is 0. The second-order valence-electron chi connectivity index (χ2n) is 1.73. The van der Waals surface area contributed by atoms with Crippen molar-refractivity contribution in [3.05, 3.63) is 0 Å². The van der Waals surface area contributed by atoms with Gasteiger partial charge in [-0.25, -0.2) is 0 Å². The zero-order valence-corrected chi connectivity index (χ0v) is 4.94. The monoisotopic (exact) mass is 112 g/mol. The molecule has 1 rings (SSSR count). The summed E-state index contributed by atoms with van der Waals surface area (Å²) in [4.78, 5) is 0. The molecule has 0 saturated carbocycles. The highest BCUT2D eigenvalue weighted by Crippen LogP contribution is 2.05. The van der Waals surface area contributed by atoms with Crippen molar-refractivity contribution in [3.8, 4) is 0 Å². The smallest absolute Gasteiger partial charge is 0.163 e. The number of azo groups is 2. The zero-order chi connectivity index (χ0) is 5.98. The van der Waals surface area contributed by atoms with Crippen LogP contribution < -0.4 is 0 Å². The Morgan fingerprint density at radius 1 is 0.750 bits per heavy atom. The van der Waals surface area contributed by atoms with Crippen molar-refractivity contribution in [2.24, 2.45) is 20.5 Å². The quantitative estimate of drug-likeness (QED) is 0.457. The number of rotatable bonds is 0. The molecule has 1 aliphatic heterocycles. The highest BCUT2D eigenvalue weighted by atomic mass is 15.4. The molecule has 8 heavy (non-hydrogen) atoms. The van der Waals surface area contributed by atoms with Crippen molar-refractivity contribution in [3.63, 3.8) is 0 Å². The molecular weight excluding hydrogens is 104 g/mol. The summed E-state index contributed by atoms with van der Waals surface area (Å²) >= 11 is 0. The molecule has 0 radical (unpaired) electrons. The van der Waals surface area contributed by atoms with Crippen LogP contribution in [0.2, 0.25) is 0 Å². The van der Waals surface area contributed by atoms with Crippen LogP contribution in [0.3, 0.4) is 0 Å². The Balaban J connectivity index is 2.54. The molecule has 1 heterocycles. The van der Waals surface area contributed by atoms with Gasteiger partial charge in [0.05, 0.1) is 0 Å². The van der Waals surface area contributed by atoms with Gasteiger partial charge in [-0.05, 0) is 13.8 Å². The average Bonchev–Trinajstić information content (AvgIpc) is 1.77. The lowest BCUT2D eigenvalue weighted by atomic mass is 10.6. The van der Waals surface area contributed by atoms with Crippen molar-refractivity contribution in [1.82, 2.24) is 0 Å². The van der Waals surface area contributed by atoms with Crippen LogP contribution in [0.1, 0.15) is 13.8 Å². The molecule has 0 aliphatic carbocycles. The van der Waals surface area contributed by atoms with Crippen molar-refractivity contribution < 1.29 is 0 Å². The highest BCUT2D eigenvalue weighted by Gasteiger charge is 2.03. The number of hydrogen-bond donors (Lipinski definition) is 0. The van der Waals surface area contributed by atoms with Crippen LogP contribution in [0.15, 0.2) is 20.5 Å². The van der Waals surface area contributed by atoms with Gasteiger partial charge in [0.2, 0.25) is 0 Å². The van der Waals surface area contributed by atoms with E-state index in [0.29, 0.717) is 0 Å². The van der Waals surface area contributed by atoms with Crippen LogP contribution in [0.4, 0.5) is 0 Å². The Kier molecular flexibility index (Phi) is 1.32. The topological polar surface area (TPSA) is 49.4 Å². The highest BCUT2D eigenvalue weighted by molar-refractivity contribution is 4.59. The summed E-state index contributed by atoms with van der Waals surface area (Å²) in [5, 5.41) is 15.1. The van der Waals surface area contributed by atoms with Crippen molar-refractivity contribution in [1.29, 1.82) is 0 Å². The van der Waals surface area contributed by atoms with Gasteiger partial charge in [-0.15, -0.1) is 0 Å². The summed E-state index contributed by atoms with van der Waals surface area (Å²) < 4.78 is 0. The van der Waals surface area contributed by atoms with E-state index in [1.54, 1.807) is 0 Å². The van der Waals surface area contributed by atoms with Gasteiger partial charge in [0, 0.05) is 0 Å². The molecule has 0 aromatic carbocycles. The number of nitrogens with zero attached hydrogens (tertiary/aromatic N) is 4. The van der Waals surface area contributed by atoms with Crippen molar-refractivity contribution in [2.45, 2.75) is 26.2 Å². The Bertz CT molecular complexity index is 100. The molecule has 0 fully saturated rings. The molecule has 0 atom stereocenters. The third-order valence-electron chi connectivity index (χ3n) is 0.802. The van der Waals surface area contributed by atoms with E-state index >= 15 is 0 Å². The lowest BCUT2D eigenvalue weighted by Gasteiger charge is -2.03. The van der Waals surface area contributed by atoms with Gasteiger partial charge in [-0.1, -0.05) is 0 Å². The van der Waals surface area contributed by atoms with Gasteiger partial charge in [0.25, 0.3) is 0 Å².